The number of aldehydes is 1. The van der Waals surface area contributed by atoms with Crippen LogP contribution in [0.2, 0.25) is 5.02 Å². The standard InChI is InChI=1S/C16H19ClN4O/c1-20-6-8-21(9-7-20)16-18-14(3-2-10-22)13-11-12(17)4-5-15(13)19-16/h4-5,10-11H,2-3,6-9H2,1H3. The van der Waals surface area contributed by atoms with Crippen LogP contribution in [0.5, 0.6) is 0 Å². The maximum atomic E-state index is 10.7. The second-order valence-corrected chi connectivity index (χ2v) is 6.06. The Kier molecular flexibility index (Phi) is 4.55. The lowest BCUT2D eigenvalue weighted by molar-refractivity contribution is -0.107. The fourth-order valence-corrected chi connectivity index (χ4v) is 2.86. The Hall–Kier alpha value is -1.72. The van der Waals surface area contributed by atoms with Crippen molar-refractivity contribution in [2.45, 2.75) is 12.8 Å². The van der Waals surface area contributed by atoms with Crippen molar-refractivity contribution in [1.82, 2.24) is 14.9 Å². The van der Waals surface area contributed by atoms with Crippen LogP contribution in [-0.4, -0.2) is 54.4 Å². The maximum Gasteiger partial charge on any atom is 0.226 e. The van der Waals surface area contributed by atoms with Crippen LogP contribution in [0.15, 0.2) is 18.2 Å². The summed E-state index contributed by atoms with van der Waals surface area (Å²) in [6, 6.07) is 5.64. The number of hydrogen-bond donors (Lipinski definition) is 0. The van der Waals surface area contributed by atoms with Gasteiger partial charge in [0.2, 0.25) is 5.95 Å². The number of nitrogens with zero attached hydrogens (tertiary/aromatic N) is 4. The molecular formula is C16H19ClN4O. The topological polar surface area (TPSA) is 49.3 Å². The first-order valence-corrected chi connectivity index (χ1v) is 7.88. The highest BCUT2D eigenvalue weighted by molar-refractivity contribution is 6.31. The molecular weight excluding hydrogens is 300 g/mol. The zero-order valence-electron chi connectivity index (χ0n) is 12.6. The van der Waals surface area contributed by atoms with Gasteiger partial charge in [-0.25, -0.2) is 9.97 Å². The number of anilines is 1. The van der Waals surface area contributed by atoms with Gasteiger partial charge in [0.15, 0.2) is 0 Å². The molecule has 1 saturated heterocycles. The molecule has 0 amide bonds. The molecule has 0 N–H and O–H groups in total. The molecule has 1 fully saturated rings. The summed E-state index contributed by atoms with van der Waals surface area (Å²) in [7, 11) is 2.12. The van der Waals surface area contributed by atoms with Crippen LogP contribution in [0.4, 0.5) is 5.95 Å². The van der Waals surface area contributed by atoms with Crippen LogP contribution in [0.1, 0.15) is 12.1 Å². The molecule has 0 bridgehead atoms. The van der Waals surface area contributed by atoms with E-state index in [0.717, 1.165) is 55.0 Å². The minimum absolute atomic E-state index is 0.459. The highest BCUT2D eigenvalue weighted by atomic mass is 35.5. The van der Waals surface area contributed by atoms with E-state index < -0.39 is 0 Å². The van der Waals surface area contributed by atoms with Crippen molar-refractivity contribution in [3.63, 3.8) is 0 Å². The van der Waals surface area contributed by atoms with Crippen molar-refractivity contribution in [1.29, 1.82) is 0 Å². The number of aryl methyl sites for hydroxylation is 1. The van der Waals surface area contributed by atoms with Gasteiger partial charge in [0.25, 0.3) is 0 Å². The normalized spacial score (nSPS) is 16.2. The van der Waals surface area contributed by atoms with Crippen LogP contribution in [-0.2, 0) is 11.2 Å². The van der Waals surface area contributed by atoms with Crippen LogP contribution < -0.4 is 4.90 Å². The molecule has 0 spiro atoms. The molecule has 5 nitrogen and oxygen atoms in total. The number of fused-ring (bicyclic) bond motifs is 1. The second kappa shape index (κ2) is 6.58. The second-order valence-electron chi connectivity index (χ2n) is 5.63. The van der Waals surface area contributed by atoms with Gasteiger partial charge in [0.1, 0.15) is 6.29 Å². The van der Waals surface area contributed by atoms with Crippen molar-refractivity contribution < 1.29 is 4.79 Å². The van der Waals surface area contributed by atoms with Gasteiger partial charge in [-0.15, -0.1) is 0 Å². The van der Waals surface area contributed by atoms with Crippen molar-refractivity contribution >= 4 is 34.7 Å². The first-order chi connectivity index (χ1) is 10.7. The summed E-state index contributed by atoms with van der Waals surface area (Å²) < 4.78 is 0. The van der Waals surface area contributed by atoms with E-state index in [2.05, 4.69) is 21.8 Å². The first-order valence-electron chi connectivity index (χ1n) is 7.50. The molecule has 1 aromatic carbocycles. The van der Waals surface area contributed by atoms with Gasteiger partial charge >= 0.3 is 0 Å². The lowest BCUT2D eigenvalue weighted by Gasteiger charge is -2.32. The molecule has 0 aliphatic carbocycles. The summed E-state index contributed by atoms with van der Waals surface area (Å²) in [5.41, 5.74) is 1.78. The molecule has 1 aliphatic rings. The minimum Gasteiger partial charge on any atom is -0.338 e. The molecule has 2 aromatic rings. The predicted molar refractivity (Wildman–Crippen MR) is 88.6 cm³/mol. The van der Waals surface area contributed by atoms with E-state index in [-0.39, 0.29) is 0 Å². The monoisotopic (exact) mass is 318 g/mol. The quantitative estimate of drug-likeness (QED) is 0.809. The van der Waals surface area contributed by atoms with Gasteiger partial charge in [0.05, 0.1) is 11.2 Å². The number of piperazine rings is 1. The Morgan fingerprint density at radius 3 is 2.73 bits per heavy atom. The summed E-state index contributed by atoms with van der Waals surface area (Å²) in [6.07, 6.45) is 2.00. The van der Waals surface area contributed by atoms with Crippen LogP contribution >= 0.6 is 11.6 Å². The van der Waals surface area contributed by atoms with E-state index in [4.69, 9.17) is 16.6 Å². The number of benzene rings is 1. The smallest absolute Gasteiger partial charge is 0.226 e. The van der Waals surface area contributed by atoms with Gasteiger partial charge < -0.3 is 14.6 Å². The van der Waals surface area contributed by atoms with Crippen molar-refractivity contribution in [2.75, 3.05) is 38.1 Å². The maximum absolute atomic E-state index is 10.7. The van der Waals surface area contributed by atoms with E-state index in [9.17, 15) is 4.79 Å². The number of halogens is 1. The number of aromatic nitrogens is 2. The largest absolute Gasteiger partial charge is 0.338 e. The molecule has 1 aromatic heterocycles. The Labute approximate surface area is 134 Å². The molecule has 0 unspecified atom stereocenters. The number of carbonyl (C=O) groups is 1. The highest BCUT2D eigenvalue weighted by Crippen LogP contribution is 2.24. The predicted octanol–water partition coefficient (Wildman–Crippen LogP) is 2.17. The number of carbonyl (C=O) groups excluding carboxylic acids is 1. The zero-order chi connectivity index (χ0) is 15.5. The van der Waals surface area contributed by atoms with E-state index in [1.807, 2.05) is 18.2 Å². The van der Waals surface area contributed by atoms with E-state index >= 15 is 0 Å². The zero-order valence-corrected chi connectivity index (χ0v) is 13.4. The summed E-state index contributed by atoms with van der Waals surface area (Å²) in [5, 5.41) is 1.60. The fraction of sp³-hybridized carbons (Fsp3) is 0.438. The van der Waals surface area contributed by atoms with Crippen LogP contribution in [0.25, 0.3) is 10.9 Å². The number of rotatable bonds is 4. The van der Waals surface area contributed by atoms with E-state index in [1.54, 1.807) is 0 Å². The van der Waals surface area contributed by atoms with Gasteiger partial charge in [-0.05, 0) is 31.7 Å². The van der Waals surface area contributed by atoms with Gasteiger partial charge in [0, 0.05) is 43.0 Å². The average Bonchev–Trinajstić information content (AvgIpc) is 2.53. The summed E-state index contributed by atoms with van der Waals surface area (Å²) in [6.45, 7) is 3.85. The Bertz CT molecular complexity index is 683. The van der Waals surface area contributed by atoms with Crippen molar-refractivity contribution in [2.24, 2.45) is 0 Å². The third-order valence-electron chi connectivity index (χ3n) is 4.01. The van der Waals surface area contributed by atoms with Crippen molar-refractivity contribution in [3.05, 3.63) is 28.9 Å². The summed E-state index contributed by atoms with van der Waals surface area (Å²) >= 11 is 6.09. The summed E-state index contributed by atoms with van der Waals surface area (Å²) in [4.78, 5) is 24.6. The molecule has 1 aliphatic heterocycles. The molecule has 3 rings (SSSR count). The molecule has 116 valence electrons. The molecule has 22 heavy (non-hydrogen) atoms. The molecule has 0 saturated carbocycles. The molecule has 0 radical (unpaired) electrons. The van der Waals surface area contributed by atoms with Gasteiger partial charge in [-0.3, -0.25) is 0 Å². The van der Waals surface area contributed by atoms with Gasteiger partial charge in [-0.2, -0.15) is 0 Å². The van der Waals surface area contributed by atoms with Crippen LogP contribution in [0, 0.1) is 0 Å². The minimum atomic E-state index is 0.459. The van der Waals surface area contributed by atoms with Gasteiger partial charge in [-0.1, -0.05) is 11.6 Å². The van der Waals surface area contributed by atoms with Crippen LogP contribution in [0.3, 0.4) is 0 Å². The molecule has 0 atom stereocenters. The fourth-order valence-electron chi connectivity index (χ4n) is 2.68. The highest BCUT2D eigenvalue weighted by Gasteiger charge is 2.18. The molecule has 2 heterocycles. The number of hydrogen-bond acceptors (Lipinski definition) is 5. The third kappa shape index (κ3) is 3.20. The SMILES string of the molecule is CN1CCN(c2nc(CCC=O)c3cc(Cl)ccc3n2)CC1. The van der Waals surface area contributed by atoms with E-state index in [0.29, 0.717) is 17.9 Å². The molecule has 6 heteroatoms. The average molecular weight is 319 g/mol. The van der Waals surface area contributed by atoms with E-state index in [1.165, 1.54) is 0 Å². The van der Waals surface area contributed by atoms with Crippen molar-refractivity contribution in [3.8, 4) is 0 Å². The Balaban J connectivity index is 2.00. The summed E-state index contributed by atoms with van der Waals surface area (Å²) in [5.74, 6) is 0.754. The lowest BCUT2D eigenvalue weighted by atomic mass is 10.1. The Morgan fingerprint density at radius 2 is 2.00 bits per heavy atom. The first kappa shape index (κ1) is 15.2. The Morgan fingerprint density at radius 1 is 1.23 bits per heavy atom. The lowest BCUT2D eigenvalue weighted by Crippen LogP contribution is -2.45. The third-order valence-corrected chi connectivity index (χ3v) is 4.25. The number of likely N-dealkylation sites (N-methyl/N-ethyl adjacent to an activating group) is 1.